The second-order valence-electron chi connectivity index (χ2n) is 5.25. The first-order chi connectivity index (χ1) is 7.61. The van der Waals surface area contributed by atoms with Gasteiger partial charge in [-0.2, -0.15) is 0 Å². The van der Waals surface area contributed by atoms with Crippen LogP contribution in [0.2, 0.25) is 0 Å². The summed E-state index contributed by atoms with van der Waals surface area (Å²) in [5, 5.41) is 19.5. The van der Waals surface area contributed by atoms with Crippen LogP contribution < -0.4 is 0 Å². The monoisotopic (exact) mass is 227 g/mol. The summed E-state index contributed by atoms with van der Waals surface area (Å²) >= 11 is 0. The minimum absolute atomic E-state index is 0.369. The zero-order valence-electron chi connectivity index (χ0n) is 9.69. The lowest BCUT2D eigenvalue weighted by atomic mass is 9.84. The highest BCUT2D eigenvalue weighted by atomic mass is 16.4. The Morgan fingerprint density at radius 3 is 2.56 bits per heavy atom. The summed E-state index contributed by atoms with van der Waals surface area (Å²) in [6.45, 7) is 1.36. The lowest BCUT2D eigenvalue weighted by Gasteiger charge is -2.36. The van der Waals surface area contributed by atoms with Crippen molar-refractivity contribution in [2.75, 3.05) is 13.1 Å². The maximum absolute atomic E-state index is 11.0. The minimum Gasteiger partial charge on any atom is -0.480 e. The van der Waals surface area contributed by atoms with Crippen LogP contribution >= 0.6 is 0 Å². The Labute approximate surface area is 96.3 Å². The second kappa shape index (κ2) is 4.72. The number of aliphatic carboxylic acids is 1. The molecule has 0 bridgehead atoms. The lowest BCUT2D eigenvalue weighted by molar-refractivity contribution is -0.143. The normalized spacial score (nSPS) is 30.4. The van der Waals surface area contributed by atoms with Gasteiger partial charge in [0.15, 0.2) is 0 Å². The first-order valence-electron chi connectivity index (χ1n) is 6.30. The van der Waals surface area contributed by atoms with Gasteiger partial charge < -0.3 is 10.2 Å². The molecule has 2 aliphatic rings. The molecule has 0 aromatic heterocycles. The van der Waals surface area contributed by atoms with E-state index in [1.54, 1.807) is 0 Å². The zero-order chi connectivity index (χ0) is 11.6. The Morgan fingerprint density at radius 2 is 1.94 bits per heavy atom. The van der Waals surface area contributed by atoms with Gasteiger partial charge in [0.05, 0.1) is 5.60 Å². The predicted octanol–water partition coefficient (Wildman–Crippen LogP) is 1.23. The maximum atomic E-state index is 11.0. The van der Waals surface area contributed by atoms with E-state index in [1.807, 2.05) is 4.90 Å². The molecule has 0 aromatic carbocycles. The van der Waals surface area contributed by atoms with Crippen LogP contribution in [0, 0.1) is 0 Å². The number of β-amino-alcohol motifs (C(OH)–C–C–N with tert-alkyl or cyclic N) is 1. The number of aliphatic hydroxyl groups is 1. The van der Waals surface area contributed by atoms with Crippen molar-refractivity contribution in [2.24, 2.45) is 0 Å². The molecule has 2 rings (SSSR count). The summed E-state index contributed by atoms with van der Waals surface area (Å²) in [6.07, 6.45) is 6.67. The molecule has 2 fully saturated rings. The van der Waals surface area contributed by atoms with Crippen molar-refractivity contribution in [1.29, 1.82) is 0 Å². The molecule has 1 saturated carbocycles. The van der Waals surface area contributed by atoms with Gasteiger partial charge in [0.2, 0.25) is 0 Å². The molecule has 4 heteroatoms. The number of hydrogen-bond donors (Lipinski definition) is 2. The summed E-state index contributed by atoms with van der Waals surface area (Å²) in [7, 11) is 0. The van der Waals surface area contributed by atoms with E-state index in [1.165, 1.54) is 6.42 Å². The quantitative estimate of drug-likeness (QED) is 0.761. The second-order valence-corrected chi connectivity index (χ2v) is 5.25. The van der Waals surface area contributed by atoms with Crippen molar-refractivity contribution in [3.8, 4) is 0 Å². The summed E-state index contributed by atoms with van der Waals surface area (Å²) < 4.78 is 0. The molecule has 0 spiro atoms. The van der Waals surface area contributed by atoms with Crippen LogP contribution in [0.15, 0.2) is 0 Å². The van der Waals surface area contributed by atoms with Crippen LogP contribution in [-0.4, -0.2) is 45.8 Å². The van der Waals surface area contributed by atoms with E-state index in [9.17, 15) is 9.90 Å². The Kier molecular flexibility index (Phi) is 3.50. The van der Waals surface area contributed by atoms with Crippen LogP contribution in [-0.2, 0) is 4.79 Å². The minimum atomic E-state index is -0.739. The molecule has 4 nitrogen and oxygen atoms in total. The Hall–Kier alpha value is -0.610. The highest BCUT2D eigenvalue weighted by Crippen LogP contribution is 2.31. The predicted molar refractivity (Wildman–Crippen MR) is 60.3 cm³/mol. The molecule has 1 unspecified atom stereocenters. The van der Waals surface area contributed by atoms with Gasteiger partial charge in [-0.1, -0.05) is 19.3 Å². The van der Waals surface area contributed by atoms with Crippen LogP contribution in [0.25, 0.3) is 0 Å². The Morgan fingerprint density at radius 1 is 1.25 bits per heavy atom. The summed E-state index contributed by atoms with van der Waals surface area (Å²) in [5.74, 6) is -0.739. The molecule has 1 atom stereocenters. The molecule has 0 aromatic rings. The number of hydrogen-bond acceptors (Lipinski definition) is 3. The summed E-state index contributed by atoms with van der Waals surface area (Å²) in [4.78, 5) is 13.0. The standard InChI is InChI=1S/C12H21NO3/c14-11(15)10-5-4-8-13(10)9-12(16)6-2-1-3-7-12/h10,16H,1-9H2,(H,14,15). The summed E-state index contributed by atoms with van der Waals surface area (Å²) in [6, 6.07) is -0.369. The molecule has 16 heavy (non-hydrogen) atoms. The average Bonchev–Trinajstić information content (AvgIpc) is 2.66. The average molecular weight is 227 g/mol. The number of carboxylic acid groups (broad SMARTS) is 1. The Bertz CT molecular complexity index is 261. The van der Waals surface area contributed by atoms with E-state index in [0.717, 1.165) is 45.1 Å². The van der Waals surface area contributed by atoms with E-state index in [0.29, 0.717) is 6.54 Å². The highest BCUT2D eigenvalue weighted by Gasteiger charge is 2.37. The molecular weight excluding hydrogens is 206 g/mol. The molecule has 0 amide bonds. The number of carbonyl (C=O) groups is 1. The number of likely N-dealkylation sites (tertiary alicyclic amines) is 1. The first kappa shape index (κ1) is 11.9. The third-order valence-corrected chi connectivity index (χ3v) is 3.93. The van der Waals surface area contributed by atoms with E-state index in [4.69, 9.17) is 5.11 Å². The Balaban J connectivity index is 1.94. The molecule has 92 valence electrons. The molecule has 1 heterocycles. The number of nitrogens with zero attached hydrogens (tertiary/aromatic N) is 1. The zero-order valence-corrected chi connectivity index (χ0v) is 9.69. The maximum Gasteiger partial charge on any atom is 0.320 e. The highest BCUT2D eigenvalue weighted by molar-refractivity contribution is 5.73. The number of carboxylic acids is 1. The van der Waals surface area contributed by atoms with Crippen molar-refractivity contribution >= 4 is 5.97 Å². The largest absolute Gasteiger partial charge is 0.480 e. The van der Waals surface area contributed by atoms with Gasteiger partial charge in [-0.25, -0.2) is 0 Å². The van der Waals surface area contributed by atoms with Crippen LogP contribution in [0.5, 0.6) is 0 Å². The van der Waals surface area contributed by atoms with Crippen molar-refractivity contribution in [3.63, 3.8) is 0 Å². The van der Waals surface area contributed by atoms with Crippen LogP contribution in [0.1, 0.15) is 44.9 Å². The van der Waals surface area contributed by atoms with E-state index in [2.05, 4.69) is 0 Å². The molecule has 1 aliphatic heterocycles. The molecule has 0 radical (unpaired) electrons. The van der Waals surface area contributed by atoms with Gasteiger partial charge >= 0.3 is 5.97 Å². The van der Waals surface area contributed by atoms with Gasteiger partial charge in [-0.15, -0.1) is 0 Å². The van der Waals surface area contributed by atoms with Gasteiger partial charge in [0, 0.05) is 6.54 Å². The fourth-order valence-corrected chi connectivity index (χ4v) is 3.04. The van der Waals surface area contributed by atoms with Crippen LogP contribution in [0.4, 0.5) is 0 Å². The molecular formula is C12H21NO3. The van der Waals surface area contributed by atoms with E-state index in [-0.39, 0.29) is 6.04 Å². The fourth-order valence-electron chi connectivity index (χ4n) is 3.04. The number of rotatable bonds is 3. The van der Waals surface area contributed by atoms with E-state index < -0.39 is 11.6 Å². The molecule has 2 N–H and O–H groups in total. The molecule has 1 aliphatic carbocycles. The first-order valence-corrected chi connectivity index (χ1v) is 6.30. The lowest BCUT2D eigenvalue weighted by Crippen LogP contribution is -2.48. The molecule has 1 saturated heterocycles. The van der Waals surface area contributed by atoms with Crippen molar-refractivity contribution in [2.45, 2.75) is 56.6 Å². The smallest absolute Gasteiger partial charge is 0.320 e. The third kappa shape index (κ3) is 2.55. The van der Waals surface area contributed by atoms with Gasteiger partial charge in [-0.05, 0) is 32.2 Å². The SMILES string of the molecule is O=C(O)C1CCCN1CC1(O)CCCCC1. The fraction of sp³-hybridized carbons (Fsp3) is 0.917. The van der Waals surface area contributed by atoms with E-state index >= 15 is 0 Å². The van der Waals surface area contributed by atoms with Crippen LogP contribution in [0.3, 0.4) is 0 Å². The van der Waals surface area contributed by atoms with Crippen molar-refractivity contribution in [1.82, 2.24) is 4.90 Å². The van der Waals surface area contributed by atoms with Gasteiger partial charge in [-0.3, -0.25) is 9.69 Å². The van der Waals surface area contributed by atoms with Gasteiger partial charge in [0.1, 0.15) is 6.04 Å². The topological polar surface area (TPSA) is 60.8 Å². The van der Waals surface area contributed by atoms with Crippen molar-refractivity contribution in [3.05, 3.63) is 0 Å². The summed E-state index contributed by atoms with van der Waals surface area (Å²) in [5.41, 5.74) is -0.629. The van der Waals surface area contributed by atoms with Gasteiger partial charge in [0.25, 0.3) is 0 Å². The van der Waals surface area contributed by atoms with Crippen molar-refractivity contribution < 1.29 is 15.0 Å². The third-order valence-electron chi connectivity index (χ3n) is 3.93.